The molecular weight excluding hydrogens is 204 g/mol. The van der Waals surface area contributed by atoms with Crippen LogP contribution < -0.4 is 5.32 Å². The topological polar surface area (TPSA) is 24.9 Å². The number of hydrogen-bond donors (Lipinski definition) is 1. The number of nitrogens with one attached hydrogen (secondary N) is 1. The summed E-state index contributed by atoms with van der Waals surface area (Å²) >= 11 is 1.90. The lowest BCUT2D eigenvalue weighted by Gasteiger charge is -2.00. The van der Waals surface area contributed by atoms with Crippen LogP contribution >= 0.6 is 11.3 Å². The maximum atomic E-state index is 4.70. The lowest BCUT2D eigenvalue weighted by atomic mass is 10.3. The number of aryl methyl sites for hydroxylation is 2. The molecule has 1 heterocycles. The van der Waals surface area contributed by atoms with E-state index in [1.54, 1.807) is 0 Å². The van der Waals surface area contributed by atoms with E-state index in [4.69, 9.17) is 4.98 Å². The third-order valence-corrected chi connectivity index (χ3v) is 3.91. The predicted molar refractivity (Wildman–Crippen MR) is 65.3 cm³/mol. The van der Waals surface area contributed by atoms with E-state index in [1.807, 2.05) is 11.3 Å². The van der Waals surface area contributed by atoms with Crippen LogP contribution in [0.3, 0.4) is 0 Å². The van der Waals surface area contributed by atoms with Gasteiger partial charge in [0.25, 0.3) is 0 Å². The van der Waals surface area contributed by atoms with Gasteiger partial charge in [0.2, 0.25) is 0 Å². The molecule has 3 heteroatoms. The van der Waals surface area contributed by atoms with Gasteiger partial charge in [0.1, 0.15) is 0 Å². The van der Waals surface area contributed by atoms with Gasteiger partial charge >= 0.3 is 0 Å². The van der Waals surface area contributed by atoms with Crippen molar-refractivity contribution in [1.82, 2.24) is 10.3 Å². The van der Waals surface area contributed by atoms with Gasteiger partial charge in [-0.25, -0.2) is 4.98 Å². The number of aromatic nitrogens is 1. The summed E-state index contributed by atoms with van der Waals surface area (Å²) in [4.78, 5) is 6.16. The van der Waals surface area contributed by atoms with Crippen LogP contribution in [0.1, 0.15) is 48.7 Å². The maximum absolute atomic E-state index is 4.70. The first-order chi connectivity index (χ1) is 7.33. The molecule has 84 valence electrons. The second-order valence-electron chi connectivity index (χ2n) is 4.24. The summed E-state index contributed by atoms with van der Waals surface area (Å²) in [6.07, 6.45) is 6.14. The molecule has 1 N–H and O–H groups in total. The number of thiazole rings is 1. The maximum Gasteiger partial charge on any atom is 0.0931 e. The fraction of sp³-hybridized carbons (Fsp3) is 0.750. The van der Waals surface area contributed by atoms with Crippen LogP contribution in [0.4, 0.5) is 0 Å². The van der Waals surface area contributed by atoms with Gasteiger partial charge in [0.05, 0.1) is 10.7 Å². The van der Waals surface area contributed by atoms with Crippen LogP contribution in [-0.4, -0.2) is 11.0 Å². The summed E-state index contributed by atoms with van der Waals surface area (Å²) in [6.45, 7) is 5.45. The first kappa shape index (κ1) is 11.1. The van der Waals surface area contributed by atoms with E-state index < -0.39 is 0 Å². The van der Waals surface area contributed by atoms with Crippen molar-refractivity contribution in [3.05, 3.63) is 15.6 Å². The Hall–Kier alpha value is -0.410. The normalized spacial score (nSPS) is 15.9. The van der Waals surface area contributed by atoms with E-state index in [2.05, 4.69) is 19.2 Å². The highest BCUT2D eigenvalue weighted by molar-refractivity contribution is 7.11. The second kappa shape index (κ2) is 5.08. The molecule has 1 aliphatic rings. The molecule has 15 heavy (non-hydrogen) atoms. The number of hydrogen-bond acceptors (Lipinski definition) is 3. The molecule has 0 spiro atoms. The lowest BCUT2D eigenvalue weighted by Crippen LogP contribution is -2.15. The average molecular weight is 224 g/mol. The number of nitrogens with zero attached hydrogens (tertiary/aromatic N) is 1. The summed E-state index contributed by atoms with van der Waals surface area (Å²) in [5.74, 6) is 0. The molecule has 0 atom stereocenters. The molecule has 0 bridgehead atoms. The summed E-state index contributed by atoms with van der Waals surface area (Å²) < 4.78 is 0. The Labute approximate surface area is 96.1 Å². The van der Waals surface area contributed by atoms with E-state index in [1.165, 1.54) is 34.8 Å². The molecule has 0 saturated heterocycles. The van der Waals surface area contributed by atoms with E-state index in [0.29, 0.717) is 0 Å². The first-order valence-electron chi connectivity index (χ1n) is 6.04. The molecule has 1 aromatic heterocycles. The molecule has 2 rings (SSSR count). The van der Waals surface area contributed by atoms with Crippen molar-refractivity contribution >= 4 is 11.3 Å². The fourth-order valence-electron chi connectivity index (χ4n) is 1.70. The smallest absolute Gasteiger partial charge is 0.0931 e. The van der Waals surface area contributed by atoms with Crippen LogP contribution in [0, 0.1) is 0 Å². The SMILES string of the molecule is CCCc1nc(CC)c(CNC2CC2)s1. The zero-order valence-corrected chi connectivity index (χ0v) is 10.5. The molecular formula is C12H20N2S. The Morgan fingerprint density at radius 1 is 1.40 bits per heavy atom. The summed E-state index contributed by atoms with van der Waals surface area (Å²) in [6, 6.07) is 0.798. The van der Waals surface area contributed by atoms with Crippen molar-refractivity contribution in [2.24, 2.45) is 0 Å². The monoisotopic (exact) mass is 224 g/mol. The second-order valence-corrected chi connectivity index (χ2v) is 5.40. The van der Waals surface area contributed by atoms with Crippen molar-refractivity contribution in [3.63, 3.8) is 0 Å². The summed E-state index contributed by atoms with van der Waals surface area (Å²) in [5, 5.41) is 4.89. The quantitative estimate of drug-likeness (QED) is 0.803. The molecule has 1 aromatic rings. The average Bonchev–Trinajstić information content (AvgIpc) is 2.98. The third kappa shape index (κ3) is 3.02. The van der Waals surface area contributed by atoms with Gasteiger partial charge in [-0.3, -0.25) is 0 Å². The molecule has 0 aromatic carbocycles. The molecule has 0 amide bonds. The molecule has 0 unspecified atom stereocenters. The van der Waals surface area contributed by atoms with E-state index in [0.717, 1.165) is 25.4 Å². The van der Waals surface area contributed by atoms with Gasteiger partial charge < -0.3 is 5.32 Å². The van der Waals surface area contributed by atoms with Crippen molar-refractivity contribution in [2.75, 3.05) is 0 Å². The zero-order valence-electron chi connectivity index (χ0n) is 9.68. The standard InChI is InChI=1S/C12H20N2S/c1-3-5-12-14-10(4-2)11(15-12)8-13-9-6-7-9/h9,13H,3-8H2,1-2H3. The van der Waals surface area contributed by atoms with Crippen molar-refractivity contribution in [2.45, 2.75) is 58.5 Å². The molecule has 1 fully saturated rings. The first-order valence-corrected chi connectivity index (χ1v) is 6.86. The molecule has 1 saturated carbocycles. The highest BCUT2D eigenvalue weighted by Crippen LogP contribution is 2.23. The van der Waals surface area contributed by atoms with Gasteiger partial charge in [-0.1, -0.05) is 13.8 Å². The van der Waals surface area contributed by atoms with Gasteiger partial charge in [-0.05, 0) is 32.1 Å². The van der Waals surface area contributed by atoms with Gasteiger partial charge in [0, 0.05) is 17.5 Å². The predicted octanol–water partition coefficient (Wildman–Crippen LogP) is 2.91. The Kier molecular flexibility index (Phi) is 3.76. The minimum absolute atomic E-state index is 0.798. The van der Waals surface area contributed by atoms with Gasteiger partial charge in [-0.15, -0.1) is 11.3 Å². The van der Waals surface area contributed by atoms with Crippen molar-refractivity contribution in [3.8, 4) is 0 Å². The fourth-order valence-corrected chi connectivity index (χ4v) is 2.91. The third-order valence-electron chi connectivity index (χ3n) is 2.75. The minimum Gasteiger partial charge on any atom is -0.309 e. The molecule has 2 nitrogen and oxygen atoms in total. The van der Waals surface area contributed by atoms with Crippen LogP contribution in [0.5, 0.6) is 0 Å². The van der Waals surface area contributed by atoms with E-state index in [9.17, 15) is 0 Å². The van der Waals surface area contributed by atoms with Crippen LogP contribution in [-0.2, 0) is 19.4 Å². The minimum atomic E-state index is 0.798. The van der Waals surface area contributed by atoms with Crippen LogP contribution in [0.15, 0.2) is 0 Å². The Morgan fingerprint density at radius 2 is 2.20 bits per heavy atom. The van der Waals surface area contributed by atoms with Crippen molar-refractivity contribution < 1.29 is 0 Å². The zero-order chi connectivity index (χ0) is 10.7. The number of rotatable bonds is 6. The highest BCUT2D eigenvalue weighted by atomic mass is 32.1. The largest absolute Gasteiger partial charge is 0.309 e. The van der Waals surface area contributed by atoms with E-state index in [-0.39, 0.29) is 0 Å². The Bertz CT molecular complexity index is 315. The molecule has 1 aliphatic carbocycles. The Morgan fingerprint density at radius 3 is 2.80 bits per heavy atom. The Balaban J connectivity index is 1.98. The van der Waals surface area contributed by atoms with Crippen LogP contribution in [0.25, 0.3) is 0 Å². The summed E-state index contributed by atoms with van der Waals surface area (Å²) in [5.41, 5.74) is 1.32. The van der Waals surface area contributed by atoms with Gasteiger partial charge in [-0.2, -0.15) is 0 Å². The van der Waals surface area contributed by atoms with Crippen molar-refractivity contribution in [1.29, 1.82) is 0 Å². The van der Waals surface area contributed by atoms with Gasteiger partial charge in [0.15, 0.2) is 0 Å². The molecule has 0 radical (unpaired) electrons. The van der Waals surface area contributed by atoms with E-state index >= 15 is 0 Å². The lowest BCUT2D eigenvalue weighted by molar-refractivity contribution is 0.689. The highest BCUT2D eigenvalue weighted by Gasteiger charge is 2.21. The molecule has 0 aliphatic heterocycles. The van der Waals surface area contributed by atoms with Crippen LogP contribution in [0.2, 0.25) is 0 Å². The summed E-state index contributed by atoms with van der Waals surface area (Å²) in [7, 11) is 0.